The fourth-order valence-corrected chi connectivity index (χ4v) is 1.48. The molecular formula is C10H14. The van der Waals surface area contributed by atoms with E-state index in [4.69, 9.17) is 0 Å². The summed E-state index contributed by atoms with van der Waals surface area (Å²) in [5.74, 6) is 0.963. The van der Waals surface area contributed by atoms with Crippen molar-refractivity contribution in [3.63, 3.8) is 0 Å². The highest BCUT2D eigenvalue weighted by Gasteiger charge is 2.22. The highest BCUT2D eigenvalue weighted by molar-refractivity contribution is 5.39. The third-order valence-electron chi connectivity index (χ3n) is 2.48. The number of allylic oxidation sites excluding steroid dienone is 4. The fourth-order valence-electron chi connectivity index (χ4n) is 1.48. The first-order valence-electron chi connectivity index (χ1n) is 4.26. The lowest BCUT2D eigenvalue weighted by Gasteiger charge is -2.21. The summed E-state index contributed by atoms with van der Waals surface area (Å²) in [6.45, 7) is 2.15. The van der Waals surface area contributed by atoms with Gasteiger partial charge in [0.1, 0.15) is 0 Å². The van der Waals surface area contributed by atoms with E-state index in [1.54, 1.807) is 11.1 Å². The smallest absolute Gasteiger partial charge is 0.0227 e. The Labute approximate surface area is 62.6 Å². The minimum Gasteiger partial charge on any atom is -0.0842 e. The Kier molecular flexibility index (Phi) is 1.40. The maximum atomic E-state index is 2.48. The van der Waals surface area contributed by atoms with Crippen LogP contribution in [0, 0.1) is 5.92 Å². The monoisotopic (exact) mass is 134 g/mol. The van der Waals surface area contributed by atoms with Gasteiger partial charge in [0.2, 0.25) is 0 Å². The molecule has 2 aliphatic rings. The highest BCUT2D eigenvalue weighted by Crippen LogP contribution is 2.39. The first kappa shape index (κ1) is 6.21. The van der Waals surface area contributed by atoms with Gasteiger partial charge in [-0.1, -0.05) is 12.2 Å². The second kappa shape index (κ2) is 2.26. The van der Waals surface area contributed by atoms with Crippen molar-refractivity contribution in [2.75, 3.05) is 0 Å². The van der Waals surface area contributed by atoms with Gasteiger partial charge in [-0.25, -0.2) is 0 Å². The summed E-state index contributed by atoms with van der Waals surface area (Å²) in [4.78, 5) is 0. The number of hydrogen-bond donors (Lipinski definition) is 0. The van der Waals surface area contributed by atoms with Crippen LogP contribution >= 0.6 is 0 Å². The lowest BCUT2D eigenvalue weighted by atomic mass is 9.84. The molecule has 0 bridgehead atoms. The topological polar surface area (TPSA) is 0 Å². The van der Waals surface area contributed by atoms with Crippen LogP contribution in [0.15, 0.2) is 23.3 Å². The highest BCUT2D eigenvalue weighted by atomic mass is 14.3. The molecule has 0 aromatic carbocycles. The summed E-state index contributed by atoms with van der Waals surface area (Å²) in [5.41, 5.74) is 3.25. The van der Waals surface area contributed by atoms with Crippen LogP contribution < -0.4 is 0 Å². The summed E-state index contributed by atoms with van der Waals surface area (Å²) >= 11 is 0. The van der Waals surface area contributed by atoms with Crippen molar-refractivity contribution >= 4 is 0 Å². The van der Waals surface area contributed by atoms with Crippen LogP contribution in [0.3, 0.4) is 0 Å². The van der Waals surface area contributed by atoms with E-state index in [0.717, 1.165) is 5.92 Å². The van der Waals surface area contributed by atoms with Gasteiger partial charge >= 0.3 is 0 Å². The molecule has 0 radical (unpaired) electrons. The molecule has 2 aliphatic carbocycles. The molecule has 0 aliphatic heterocycles. The Morgan fingerprint density at radius 1 is 1.20 bits per heavy atom. The molecule has 10 heavy (non-hydrogen) atoms. The Balaban J connectivity index is 2.04. The molecule has 0 aromatic heterocycles. The minimum absolute atomic E-state index is 0.963. The van der Waals surface area contributed by atoms with Crippen LogP contribution in [0.1, 0.15) is 32.6 Å². The van der Waals surface area contributed by atoms with Crippen molar-refractivity contribution in [2.24, 2.45) is 5.92 Å². The van der Waals surface area contributed by atoms with Crippen LogP contribution in [-0.2, 0) is 0 Å². The Hall–Kier alpha value is -0.520. The van der Waals surface area contributed by atoms with Gasteiger partial charge in [0.25, 0.3) is 0 Å². The lowest BCUT2D eigenvalue weighted by Crippen LogP contribution is -2.02. The Bertz CT molecular complexity index is 192. The van der Waals surface area contributed by atoms with Gasteiger partial charge in [-0.15, -0.1) is 0 Å². The molecule has 2 fully saturated rings. The molecule has 54 valence electrons. The fraction of sp³-hybridized carbons (Fsp3) is 0.600. The van der Waals surface area contributed by atoms with Crippen molar-refractivity contribution in [1.82, 2.24) is 0 Å². The maximum Gasteiger partial charge on any atom is -0.0227 e. The van der Waals surface area contributed by atoms with E-state index >= 15 is 0 Å². The zero-order chi connectivity index (χ0) is 6.97. The first-order valence-corrected chi connectivity index (χ1v) is 4.26. The standard InChI is InChI=1S/C10H14/c1-2-9-5-6-10(9)7-8-3-4-8/h2,7-8H,3-6H2,1H3. The van der Waals surface area contributed by atoms with Crippen LogP contribution in [0.2, 0.25) is 0 Å². The molecule has 0 unspecified atom stereocenters. The summed E-state index contributed by atoms with van der Waals surface area (Å²) in [7, 11) is 0. The molecule has 0 amide bonds. The van der Waals surface area contributed by atoms with Gasteiger partial charge in [-0.2, -0.15) is 0 Å². The van der Waals surface area contributed by atoms with Gasteiger partial charge in [0.15, 0.2) is 0 Å². The van der Waals surface area contributed by atoms with Crippen LogP contribution in [-0.4, -0.2) is 0 Å². The Morgan fingerprint density at radius 2 is 1.90 bits per heavy atom. The molecule has 2 rings (SSSR count). The van der Waals surface area contributed by atoms with E-state index in [2.05, 4.69) is 19.1 Å². The molecule has 0 heterocycles. The third-order valence-corrected chi connectivity index (χ3v) is 2.48. The zero-order valence-corrected chi connectivity index (χ0v) is 6.56. The number of rotatable bonds is 1. The average molecular weight is 134 g/mol. The van der Waals surface area contributed by atoms with Crippen molar-refractivity contribution in [1.29, 1.82) is 0 Å². The van der Waals surface area contributed by atoms with Crippen molar-refractivity contribution < 1.29 is 0 Å². The predicted octanol–water partition coefficient (Wildman–Crippen LogP) is 3.06. The summed E-state index contributed by atoms with van der Waals surface area (Å²) < 4.78 is 0. The molecule has 0 spiro atoms. The molecule has 2 saturated carbocycles. The maximum absolute atomic E-state index is 2.48. The van der Waals surface area contributed by atoms with Gasteiger partial charge in [-0.05, 0) is 49.7 Å². The summed E-state index contributed by atoms with van der Waals surface area (Å²) in [5, 5.41) is 0. The third kappa shape index (κ3) is 1.03. The van der Waals surface area contributed by atoms with Crippen molar-refractivity contribution in [3.8, 4) is 0 Å². The lowest BCUT2D eigenvalue weighted by molar-refractivity contribution is 0.806. The van der Waals surface area contributed by atoms with Gasteiger partial charge in [0.05, 0.1) is 0 Å². The van der Waals surface area contributed by atoms with Gasteiger partial charge in [-0.3, -0.25) is 0 Å². The molecule has 0 N–H and O–H groups in total. The van der Waals surface area contributed by atoms with Crippen LogP contribution in [0.4, 0.5) is 0 Å². The molecule has 0 nitrogen and oxygen atoms in total. The molecule has 0 aromatic rings. The van der Waals surface area contributed by atoms with Crippen molar-refractivity contribution in [3.05, 3.63) is 23.3 Å². The predicted molar refractivity (Wildman–Crippen MR) is 43.8 cm³/mol. The second-order valence-corrected chi connectivity index (χ2v) is 3.34. The summed E-state index contributed by atoms with van der Waals surface area (Å²) in [6.07, 6.45) is 10.3. The van der Waals surface area contributed by atoms with E-state index in [9.17, 15) is 0 Å². The molecule has 0 atom stereocenters. The van der Waals surface area contributed by atoms with Gasteiger partial charge in [0, 0.05) is 0 Å². The van der Waals surface area contributed by atoms with Crippen molar-refractivity contribution in [2.45, 2.75) is 32.6 Å². The van der Waals surface area contributed by atoms with Crippen LogP contribution in [0.5, 0.6) is 0 Å². The van der Waals surface area contributed by atoms with Crippen LogP contribution in [0.25, 0.3) is 0 Å². The largest absolute Gasteiger partial charge is 0.0842 e. The molecular weight excluding hydrogens is 120 g/mol. The SMILES string of the molecule is CC=C1CCC1=CC1CC1. The van der Waals surface area contributed by atoms with Gasteiger partial charge < -0.3 is 0 Å². The van der Waals surface area contributed by atoms with E-state index in [1.165, 1.54) is 25.7 Å². The molecule has 0 saturated heterocycles. The first-order chi connectivity index (χ1) is 4.90. The number of hydrogen-bond acceptors (Lipinski definition) is 0. The normalized spacial score (nSPS) is 32.9. The average Bonchev–Trinajstić information content (AvgIpc) is 2.64. The molecule has 0 heteroatoms. The van der Waals surface area contributed by atoms with E-state index in [1.807, 2.05) is 0 Å². The summed E-state index contributed by atoms with van der Waals surface area (Å²) in [6, 6.07) is 0. The van der Waals surface area contributed by atoms with E-state index < -0.39 is 0 Å². The Morgan fingerprint density at radius 3 is 2.30 bits per heavy atom. The zero-order valence-electron chi connectivity index (χ0n) is 6.56. The quantitative estimate of drug-likeness (QED) is 0.517. The minimum atomic E-state index is 0.963. The van der Waals surface area contributed by atoms with E-state index in [0.29, 0.717) is 0 Å². The van der Waals surface area contributed by atoms with E-state index in [-0.39, 0.29) is 0 Å². The second-order valence-electron chi connectivity index (χ2n) is 3.34.